The van der Waals surface area contributed by atoms with Crippen molar-refractivity contribution >= 4 is 33.5 Å². The molecule has 0 fully saturated rings. The maximum absolute atomic E-state index is 12.4. The lowest BCUT2D eigenvalue weighted by molar-refractivity contribution is 0.101. The van der Waals surface area contributed by atoms with Crippen LogP contribution in [-0.4, -0.2) is 18.6 Å². The zero-order chi connectivity index (χ0) is 15.4. The standard InChI is InChI=1S/C17H17BrO2S/c1-11-4-9-15(17(20-3)12(11)2)16(19)10-21-14-7-5-13(18)6-8-14/h4-9H,10H2,1-3H3. The van der Waals surface area contributed by atoms with E-state index >= 15 is 0 Å². The molecule has 0 N–H and O–H groups in total. The normalized spacial score (nSPS) is 10.5. The van der Waals surface area contributed by atoms with Gasteiger partial charge in [-0.15, -0.1) is 11.8 Å². The Morgan fingerprint density at radius 1 is 1.14 bits per heavy atom. The number of Topliss-reactive ketones (excluding diaryl/α,β-unsaturated/α-hetero) is 1. The molecule has 0 bridgehead atoms. The van der Waals surface area contributed by atoms with Gasteiger partial charge in [-0.2, -0.15) is 0 Å². The maximum atomic E-state index is 12.4. The lowest BCUT2D eigenvalue weighted by atomic mass is 10.0. The zero-order valence-corrected chi connectivity index (χ0v) is 14.7. The highest BCUT2D eigenvalue weighted by Gasteiger charge is 2.15. The van der Waals surface area contributed by atoms with Crippen molar-refractivity contribution in [3.63, 3.8) is 0 Å². The van der Waals surface area contributed by atoms with Gasteiger partial charge < -0.3 is 4.74 Å². The molecule has 0 spiro atoms. The molecule has 0 aliphatic heterocycles. The van der Waals surface area contributed by atoms with Crippen molar-refractivity contribution in [3.05, 3.63) is 57.6 Å². The molecule has 0 unspecified atom stereocenters. The highest BCUT2D eigenvalue weighted by molar-refractivity contribution is 9.10. The molecule has 0 aliphatic rings. The highest BCUT2D eigenvalue weighted by Crippen LogP contribution is 2.28. The molecular formula is C17H17BrO2S. The second-order valence-corrected chi connectivity index (χ2v) is 6.72. The van der Waals surface area contributed by atoms with Crippen LogP contribution in [0.1, 0.15) is 21.5 Å². The summed E-state index contributed by atoms with van der Waals surface area (Å²) >= 11 is 4.94. The van der Waals surface area contributed by atoms with Crippen LogP contribution in [-0.2, 0) is 0 Å². The van der Waals surface area contributed by atoms with E-state index in [0.717, 1.165) is 20.5 Å². The Morgan fingerprint density at radius 3 is 2.43 bits per heavy atom. The number of halogens is 1. The predicted octanol–water partition coefficient (Wildman–Crippen LogP) is 5.05. The number of benzene rings is 2. The Morgan fingerprint density at radius 2 is 1.81 bits per heavy atom. The Balaban J connectivity index is 2.13. The van der Waals surface area contributed by atoms with Gasteiger partial charge in [0.2, 0.25) is 0 Å². The van der Waals surface area contributed by atoms with Gasteiger partial charge in [0.05, 0.1) is 18.4 Å². The van der Waals surface area contributed by atoms with E-state index in [1.54, 1.807) is 7.11 Å². The van der Waals surface area contributed by atoms with E-state index in [9.17, 15) is 4.79 Å². The van der Waals surface area contributed by atoms with Crippen LogP contribution in [0.25, 0.3) is 0 Å². The molecule has 0 atom stereocenters. The third-order valence-electron chi connectivity index (χ3n) is 3.36. The van der Waals surface area contributed by atoms with E-state index in [1.165, 1.54) is 11.8 Å². The summed E-state index contributed by atoms with van der Waals surface area (Å²) in [6.45, 7) is 4.00. The molecule has 21 heavy (non-hydrogen) atoms. The van der Waals surface area contributed by atoms with Crippen LogP contribution >= 0.6 is 27.7 Å². The Kier molecular flexibility index (Phi) is 5.48. The molecule has 0 aliphatic carbocycles. The molecule has 2 aromatic rings. The summed E-state index contributed by atoms with van der Waals surface area (Å²) in [4.78, 5) is 13.5. The van der Waals surface area contributed by atoms with Crippen molar-refractivity contribution < 1.29 is 9.53 Å². The fourth-order valence-corrected chi connectivity index (χ4v) is 3.08. The SMILES string of the molecule is COc1c(C(=O)CSc2ccc(Br)cc2)ccc(C)c1C. The van der Waals surface area contributed by atoms with Crippen LogP contribution in [0.15, 0.2) is 45.8 Å². The average molecular weight is 365 g/mol. The third kappa shape index (κ3) is 3.89. The molecule has 2 rings (SSSR count). The first-order chi connectivity index (χ1) is 10.0. The van der Waals surface area contributed by atoms with Gasteiger partial charge in [-0.05, 0) is 55.3 Å². The number of ketones is 1. The van der Waals surface area contributed by atoms with Crippen LogP contribution in [0.2, 0.25) is 0 Å². The Hall–Kier alpha value is -1.26. The minimum absolute atomic E-state index is 0.0860. The molecule has 0 saturated carbocycles. The molecule has 2 nitrogen and oxygen atoms in total. The number of thioether (sulfide) groups is 1. The van der Waals surface area contributed by atoms with Crippen LogP contribution < -0.4 is 4.74 Å². The fraction of sp³-hybridized carbons (Fsp3) is 0.235. The number of carbonyl (C=O) groups excluding carboxylic acids is 1. The first-order valence-corrected chi connectivity index (χ1v) is 8.36. The molecule has 0 radical (unpaired) electrons. The first-order valence-electron chi connectivity index (χ1n) is 6.58. The Labute approximate surface area is 138 Å². The lowest BCUT2D eigenvalue weighted by Gasteiger charge is -2.12. The molecule has 4 heteroatoms. The topological polar surface area (TPSA) is 26.3 Å². The van der Waals surface area contributed by atoms with E-state index in [1.807, 2.05) is 50.2 Å². The monoisotopic (exact) mass is 364 g/mol. The number of methoxy groups -OCH3 is 1. The van der Waals surface area contributed by atoms with E-state index in [-0.39, 0.29) is 5.78 Å². The average Bonchev–Trinajstić information content (AvgIpc) is 2.49. The van der Waals surface area contributed by atoms with Gasteiger partial charge in [0.15, 0.2) is 5.78 Å². The summed E-state index contributed by atoms with van der Waals surface area (Å²) in [5.41, 5.74) is 2.81. The summed E-state index contributed by atoms with van der Waals surface area (Å²) in [6.07, 6.45) is 0. The lowest BCUT2D eigenvalue weighted by Crippen LogP contribution is -2.06. The van der Waals surface area contributed by atoms with Gasteiger partial charge in [0, 0.05) is 9.37 Å². The third-order valence-corrected chi connectivity index (χ3v) is 4.91. The molecule has 0 aromatic heterocycles. The summed E-state index contributed by atoms with van der Waals surface area (Å²) in [6, 6.07) is 11.8. The predicted molar refractivity (Wildman–Crippen MR) is 91.7 cm³/mol. The number of ether oxygens (including phenoxy) is 1. The number of rotatable bonds is 5. The molecule has 0 heterocycles. The molecule has 110 valence electrons. The number of hydrogen-bond donors (Lipinski definition) is 0. The summed E-state index contributed by atoms with van der Waals surface area (Å²) in [5, 5.41) is 0. The summed E-state index contributed by atoms with van der Waals surface area (Å²) in [7, 11) is 1.61. The van der Waals surface area contributed by atoms with Gasteiger partial charge in [0.25, 0.3) is 0 Å². The number of hydrogen-bond acceptors (Lipinski definition) is 3. The van der Waals surface area contributed by atoms with Crippen molar-refractivity contribution in [2.45, 2.75) is 18.7 Å². The maximum Gasteiger partial charge on any atom is 0.176 e. The van der Waals surface area contributed by atoms with Crippen molar-refractivity contribution in [3.8, 4) is 5.75 Å². The molecule has 2 aromatic carbocycles. The number of aryl methyl sites for hydroxylation is 1. The van der Waals surface area contributed by atoms with Crippen molar-refractivity contribution in [2.75, 3.05) is 12.9 Å². The fourth-order valence-electron chi connectivity index (χ4n) is 2.03. The van der Waals surface area contributed by atoms with E-state index < -0.39 is 0 Å². The van der Waals surface area contributed by atoms with E-state index in [0.29, 0.717) is 17.1 Å². The second-order valence-electron chi connectivity index (χ2n) is 4.75. The van der Waals surface area contributed by atoms with Crippen LogP contribution in [0.4, 0.5) is 0 Å². The molecular weight excluding hydrogens is 348 g/mol. The number of carbonyl (C=O) groups is 1. The van der Waals surface area contributed by atoms with Crippen LogP contribution in [0, 0.1) is 13.8 Å². The molecule has 0 amide bonds. The van der Waals surface area contributed by atoms with Gasteiger partial charge in [-0.25, -0.2) is 0 Å². The van der Waals surface area contributed by atoms with Crippen molar-refractivity contribution in [1.29, 1.82) is 0 Å². The first kappa shape index (κ1) is 16.1. The van der Waals surface area contributed by atoms with Gasteiger partial charge in [-0.3, -0.25) is 4.79 Å². The largest absolute Gasteiger partial charge is 0.496 e. The van der Waals surface area contributed by atoms with Crippen LogP contribution in [0.3, 0.4) is 0 Å². The van der Waals surface area contributed by atoms with Crippen LogP contribution in [0.5, 0.6) is 5.75 Å². The minimum atomic E-state index is 0.0860. The second kappa shape index (κ2) is 7.14. The quantitative estimate of drug-likeness (QED) is 0.548. The summed E-state index contributed by atoms with van der Waals surface area (Å²) in [5.74, 6) is 1.18. The van der Waals surface area contributed by atoms with Gasteiger partial charge in [-0.1, -0.05) is 22.0 Å². The Bertz CT molecular complexity index is 651. The smallest absolute Gasteiger partial charge is 0.176 e. The highest BCUT2D eigenvalue weighted by atomic mass is 79.9. The van der Waals surface area contributed by atoms with Crippen molar-refractivity contribution in [2.24, 2.45) is 0 Å². The van der Waals surface area contributed by atoms with E-state index in [4.69, 9.17) is 4.74 Å². The van der Waals surface area contributed by atoms with Gasteiger partial charge >= 0.3 is 0 Å². The van der Waals surface area contributed by atoms with Crippen molar-refractivity contribution in [1.82, 2.24) is 0 Å². The summed E-state index contributed by atoms with van der Waals surface area (Å²) < 4.78 is 6.45. The van der Waals surface area contributed by atoms with E-state index in [2.05, 4.69) is 15.9 Å². The molecule has 0 saturated heterocycles. The van der Waals surface area contributed by atoms with Gasteiger partial charge in [0.1, 0.15) is 5.75 Å². The minimum Gasteiger partial charge on any atom is -0.496 e. The zero-order valence-electron chi connectivity index (χ0n) is 12.3.